The number of carboxylic acids is 1. The predicted octanol–water partition coefficient (Wildman–Crippen LogP) is 3.49. The lowest BCUT2D eigenvalue weighted by Gasteiger charge is -2.21. The minimum Gasteiger partial charge on any atom is -0.481 e. The number of halogens is 2. The molecule has 6 nitrogen and oxygen atoms in total. The smallest absolute Gasteiger partial charge is 0.303 e. The molecule has 0 fully saturated rings. The fourth-order valence-corrected chi connectivity index (χ4v) is 5.10. The Morgan fingerprint density at radius 3 is 2.06 bits per heavy atom. The van der Waals surface area contributed by atoms with Gasteiger partial charge < -0.3 is 15.2 Å². The Bertz CT molecular complexity index is 996. The van der Waals surface area contributed by atoms with Crippen LogP contribution in [-0.2, 0) is 32.1 Å². The summed E-state index contributed by atoms with van der Waals surface area (Å²) in [6, 6.07) is 8.04. The molecule has 0 saturated heterocycles. The molecule has 2 aromatic carbocycles. The van der Waals surface area contributed by atoms with Crippen LogP contribution in [0.2, 0.25) is 19.6 Å². The predicted molar refractivity (Wildman–Crippen MR) is 123 cm³/mol. The Kier molecular flexibility index (Phi) is 9.01. The van der Waals surface area contributed by atoms with E-state index >= 15 is 0 Å². The number of Topliss-reactive ketones (excluding diaryl/α,β-unsaturated/α-hetero) is 1. The van der Waals surface area contributed by atoms with Crippen molar-refractivity contribution >= 4 is 30.9 Å². The van der Waals surface area contributed by atoms with Gasteiger partial charge in [0.15, 0.2) is 5.78 Å². The highest BCUT2D eigenvalue weighted by molar-refractivity contribution is 6.88. The molecule has 1 amide bonds. The highest BCUT2D eigenvalue weighted by Crippen LogP contribution is 2.20. The first-order valence-corrected chi connectivity index (χ1v) is 14.0. The summed E-state index contributed by atoms with van der Waals surface area (Å²) in [6.45, 7) is 5.85. The zero-order valence-corrected chi connectivity index (χ0v) is 20.2. The number of ether oxygens (including phenoxy) is 1. The summed E-state index contributed by atoms with van der Waals surface area (Å²) in [4.78, 5) is 36.1. The van der Waals surface area contributed by atoms with Gasteiger partial charge >= 0.3 is 5.97 Å². The van der Waals surface area contributed by atoms with Crippen molar-refractivity contribution in [3.05, 3.63) is 64.7 Å². The van der Waals surface area contributed by atoms with Gasteiger partial charge in [0.1, 0.15) is 17.7 Å². The molecule has 2 N–H and O–H groups in total. The molecular formula is C24H29F2NO5Si. The van der Waals surface area contributed by atoms with Gasteiger partial charge in [0.25, 0.3) is 0 Å². The summed E-state index contributed by atoms with van der Waals surface area (Å²) in [7, 11) is -0.712. The van der Waals surface area contributed by atoms with E-state index in [0.29, 0.717) is 12.2 Å². The number of hydrogen-bond donors (Lipinski definition) is 2. The Morgan fingerprint density at radius 1 is 1.00 bits per heavy atom. The maximum Gasteiger partial charge on any atom is 0.303 e. The van der Waals surface area contributed by atoms with Gasteiger partial charge in [0.05, 0.1) is 21.1 Å². The second kappa shape index (κ2) is 11.3. The molecule has 2 rings (SSSR count). The molecule has 33 heavy (non-hydrogen) atoms. The molecule has 0 aliphatic heterocycles. The molecule has 0 spiro atoms. The van der Waals surface area contributed by atoms with Crippen LogP contribution >= 0.6 is 0 Å². The third kappa shape index (κ3) is 7.57. The largest absolute Gasteiger partial charge is 0.481 e. The van der Waals surface area contributed by atoms with E-state index in [4.69, 9.17) is 9.84 Å². The van der Waals surface area contributed by atoms with Crippen LogP contribution in [-0.4, -0.2) is 37.9 Å². The quantitative estimate of drug-likeness (QED) is 0.484. The molecule has 0 aliphatic carbocycles. The summed E-state index contributed by atoms with van der Waals surface area (Å²) >= 11 is 0. The fourth-order valence-electron chi connectivity index (χ4n) is 3.52. The zero-order valence-electron chi connectivity index (χ0n) is 19.2. The van der Waals surface area contributed by atoms with Crippen molar-refractivity contribution < 1.29 is 33.0 Å². The van der Waals surface area contributed by atoms with Gasteiger partial charge in [-0.25, -0.2) is 8.78 Å². The number of ketones is 1. The number of aliphatic carboxylic acids is 1. The molecule has 0 heterocycles. The number of nitrogens with one attached hydrogen (secondary N) is 1. The van der Waals surface area contributed by atoms with Crippen molar-refractivity contribution in [3.63, 3.8) is 0 Å². The molecule has 0 aromatic heterocycles. The van der Waals surface area contributed by atoms with E-state index in [0.717, 1.165) is 5.56 Å². The molecule has 9 heteroatoms. The molecule has 0 bridgehead atoms. The van der Waals surface area contributed by atoms with Crippen LogP contribution in [0.5, 0.6) is 0 Å². The summed E-state index contributed by atoms with van der Waals surface area (Å²) < 4.78 is 34.3. The number of benzene rings is 2. The van der Waals surface area contributed by atoms with Crippen LogP contribution in [0.3, 0.4) is 0 Å². The first-order chi connectivity index (χ1) is 15.4. The minimum absolute atomic E-state index is 0.0750. The number of carbonyl (C=O) groups excluding carboxylic acids is 2. The highest BCUT2D eigenvalue weighted by atomic mass is 28.3. The number of hydrogen-bond acceptors (Lipinski definition) is 4. The Labute approximate surface area is 193 Å². The van der Waals surface area contributed by atoms with Crippen molar-refractivity contribution in [1.82, 2.24) is 5.32 Å². The third-order valence-electron chi connectivity index (χ3n) is 5.05. The van der Waals surface area contributed by atoms with Crippen molar-refractivity contribution in [1.29, 1.82) is 0 Å². The second-order valence-corrected chi connectivity index (χ2v) is 13.9. The molecule has 1 atom stereocenters. The molecular weight excluding hydrogens is 448 g/mol. The lowest BCUT2D eigenvalue weighted by atomic mass is 9.96. The second-order valence-electron chi connectivity index (χ2n) is 8.90. The Morgan fingerprint density at radius 2 is 1.58 bits per heavy atom. The molecule has 0 radical (unpaired) electrons. The molecule has 178 valence electrons. The van der Waals surface area contributed by atoms with Gasteiger partial charge in [0.2, 0.25) is 5.91 Å². The van der Waals surface area contributed by atoms with E-state index in [1.54, 1.807) is 31.4 Å². The maximum atomic E-state index is 14.6. The molecule has 0 aliphatic rings. The van der Waals surface area contributed by atoms with Crippen LogP contribution in [0, 0.1) is 11.6 Å². The summed E-state index contributed by atoms with van der Waals surface area (Å²) in [5.74, 6) is -3.57. The number of rotatable bonds is 11. The molecule has 0 unspecified atom stereocenters. The number of carbonyl (C=O) groups is 3. The average Bonchev–Trinajstić information content (AvgIpc) is 2.69. The SMILES string of the molecule is COCc1ccc([C@@H](NC(=O)CCC(=O)O)C(=O)Cc2cc(F)c([Si](C)(C)C)c(F)c2)cc1. The van der Waals surface area contributed by atoms with Crippen LogP contribution in [0.25, 0.3) is 0 Å². The normalized spacial score (nSPS) is 12.3. The van der Waals surface area contributed by atoms with E-state index in [2.05, 4.69) is 5.32 Å². The Hall–Kier alpha value is -2.91. The van der Waals surface area contributed by atoms with Gasteiger partial charge in [0, 0.05) is 25.1 Å². The lowest BCUT2D eigenvalue weighted by molar-refractivity contribution is -0.139. The van der Waals surface area contributed by atoms with Crippen LogP contribution in [0.1, 0.15) is 35.6 Å². The van der Waals surface area contributed by atoms with Crippen molar-refractivity contribution in [2.45, 2.75) is 51.6 Å². The number of carboxylic acid groups (broad SMARTS) is 1. The van der Waals surface area contributed by atoms with E-state index in [-0.39, 0.29) is 30.0 Å². The van der Waals surface area contributed by atoms with Gasteiger partial charge in [-0.1, -0.05) is 43.9 Å². The third-order valence-corrected chi connectivity index (χ3v) is 7.03. The maximum absolute atomic E-state index is 14.6. The van der Waals surface area contributed by atoms with Crippen LogP contribution in [0.4, 0.5) is 8.78 Å². The topological polar surface area (TPSA) is 92.7 Å². The van der Waals surface area contributed by atoms with Crippen LogP contribution < -0.4 is 10.5 Å². The van der Waals surface area contributed by atoms with Gasteiger partial charge in [-0.2, -0.15) is 0 Å². The van der Waals surface area contributed by atoms with Crippen molar-refractivity contribution in [3.8, 4) is 0 Å². The number of methoxy groups -OCH3 is 1. The van der Waals surface area contributed by atoms with E-state index in [1.165, 1.54) is 12.1 Å². The van der Waals surface area contributed by atoms with E-state index in [9.17, 15) is 23.2 Å². The average molecular weight is 478 g/mol. The summed E-state index contributed by atoms with van der Waals surface area (Å²) in [6.07, 6.45) is -0.980. The van der Waals surface area contributed by atoms with Crippen LogP contribution in [0.15, 0.2) is 36.4 Å². The highest BCUT2D eigenvalue weighted by Gasteiger charge is 2.27. The minimum atomic E-state index is -2.26. The van der Waals surface area contributed by atoms with Gasteiger partial charge in [-0.15, -0.1) is 0 Å². The fraction of sp³-hybridized carbons (Fsp3) is 0.375. The summed E-state index contributed by atoms with van der Waals surface area (Å²) in [5.41, 5.74) is 1.50. The first-order valence-electron chi connectivity index (χ1n) is 10.5. The molecule has 0 saturated carbocycles. The zero-order chi connectivity index (χ0) is 24.8. The molecule has 2 aromatic rings. The van der Waals surface area contributed by atoms with Gasteiger partial charge in [-0.3, -0.25) is 14.4 Å². The van der Waals surface area contributed by atoms with Gasteiger partial charge in [-0.05, 0) is 28.8 Å². The standard InChI is InChI=1S/C24H29F2NO5Si/c1-32-14-15-5-7-17(8-6-15)23(27-21(29)9-10-22(30)31)20(28)13-16-11-18(25)24(19(26)12-16)33(2,3)4/h5-8,11-12,23H,9-10,13-14H2,1-4H3,(H,27,29)(H,30,31)/t23-/m1/s1. The monoisotopic (exact) mass is 477 g/mol. The van der Waals surface area contributed by atoms with E-state index in [1.807, 2.05) is 19.6 Å². The first kappa shape index (κ1) is 26.3. The van der Waals surface area contributed by atoms with Crippen molar-refractivity contribution in [2.75, 3.05) is 7.11 Å². The number of amides is 1. The Balaban J connectivity index is 2.31. The lowest BCUT2D eigenvalue weighted by Crippen LogP contribution is -2.42. The van der Waals surface area contributed by atoms with Crippen molar-refractivity contribution in [2.24, 2.45) is 0 Å². The summed E-state index contributed by atoms with van der Waals surface area (Å²) in [5, 5.41) is 11.4. The van der Waals surface area contributed by atoms with E-state index < -0.39 is 43.4 Å².